The minimum atomic E-state index is -0.859. The second-order valence-electron chi connectivity index (χ2n) is 4.73. The third-order valence-corrected chi connectivity index (χ3v) is 3.20. The second kappa shape index (κ2) is 5.97. The first-order chi connectivity index (χ1) is 9.10. The molecule has 0 spiro atoms. The molecule has 1 saturated carbocycles. The largest absolute Gasteiger partial charge is 0.490 e. The van der Waals surface area contributed by atoms with Gasteiger partial charge in [0.05, 0.1) is 4.92 Å². The third kappa shape index (κ3) is 3.41. The summed E-state index contributed by atoms with van der Waals surface area (Å²) in [5, 5.41) is 13.9. The highest BCUT2D eigenvalue weighted by molar-refractivity contribution is 5.38. The van der Waals surface area contributed by atoms with E-state index < -0.39 is 16.4 Å². The van der Waals surface area contributed by atoms with Crippen molar-refractivity contribution < 1.29 is 14.1 Å². The number of nitrogens with one attached hydrogen (secondary N) is 1. The van der Waals surface area contributed by atoms with Gasteiger partial charge in [-0.1, -0.05) is 6.92 Å². The highest BCUT2D eigenvalue weighted by atomic mass is 19.1. The molecule has 1 aliphatic rings. The number of ether oxygens (including phenoxy) is 1. The van der Waals surface area contributed by atoms with Gasteiger partial charge in [-0.3, -0.25) is 10.1 Å². The molecule has 0 atom stereocenters. The quantitative estimate of drug-likeness (QED) is 0.636. The van der Waals surface area contributed by atoms with Gasteiger partial charge in [0.25, 0.3) is 0 Å². The van der Waals surface area contributed by atoms with E-state index >= 15 is 0 Å². The van der Waals surface area contributed by atoms with Crippen LogP contribution in [0.3, 0.4) is 0 Å². The molecule has 0 unspecified atom stereocenters. The maximum absolute atomic E-state index is 13.4. The van der Waals surface area contributed by atoms with Gasteiger partial charge in [0, 0.05) is 18.2 Å². The van der Waals surface area contributed by atoms with E-state index in [0.29, 0.717) is 11.8 Å². The Morgan fingerprint density at radius 3 is 2.84 bits per heavy atom. The smallest absolute Gasteiger partial charge is 0.305 e. The summed E-state index contributed by atoms with van der Waals surface area (Å²) >= 11 is 0. The second-order valence-corrected chi connectivity index (χ2v) is 4.73. The normalized spacial score (nSPS) is 21.8. The molecule has 6 heteroatoms. The first kappa shape index (κ1) is 13.7. The van der Waals surface area contributed by atoms with Gasteiger partial charge in [0.1, 0.15) is 11.9 Å². The van der Waals surface area contributed by atoms with Crippen LogP contribution < -0.4 is 10.1 Å². The van der Waals surface area contributed by atoms with Gasteiger partial charge in [-0.25, -0.2) is 0 Å². The van der Waals surface area contributed by atoms with Crippen molar-refractivity contribution in [1.29, 1.82) is 0 Å². The molecule has 1 N–H and O–H groups in total. The zero-order valence-corrected chi connectivity index (χ0v) is 10.8. The minimum Gasteiger partial charge on any atom is -0.490 e. The molecule has 1 aromatic rings. The molecular weight excluding hydrogens is 251 g/mol. The van der Waals surface area contributed by atoms with Crippen LogP contribution in [0.15, 0.2) is 18.2 Å². The molecule has 0 amide bonds. The van der Waals surface area contributed by atoms with Gasteiger partial charge in [0.15, 0.2) is 0 Å². The lowest BCUT2D eigenvalue weighted by molar-refractivity contribution is -0.387. The fourth-order valence-corrected chi connectivity index (χ4v) is 2.08. The van der Waals surface area contributed by atoms with Crippen molar-refractivity contribution in [3.8, 4) is 5.75 Å². The van der Waals surface area contributed by atoms with Crippen LogP contribution >= 0.6 is 0 Å². The zero-order valence-electron chi connectivity index (χ0n) is 10.8. The summed E-state index contributed by atoms with van der Waals surface area (Å²) in [6.45, 7) is 3.10. The lowest BCUT2D eigenvalue weighted by atomic mass is 9.89. The highest BCUT2D eigenvalue weighted by Crippen LogP contribution is 2.28. The van der Waals surface area contributed by atoms with E-state index in [9.17, 15) is 14.5 Å². The molecule has 19 heavy (non-hydrogen) atoms. The molecule has 1 aromatic carbocycles. The molecule has 0 radical (unpaired) electrons. The summed E-state index contributed by atoms with van der Waals surface area (Å²) in [7, 11) is 0. The van der Waals surface area contributed by atoms with Crippen LogP contribution in [0.25, 0.3) is 0 Å². The van der Waals surface area contributed by atoms with E-state index in [1.54, 1.807) is 0 Å². The van der Waals surface area contributed by atoms with Gasteiger partial charge in [-0.15, -0.1) is 0 Å². The fraction of sp³-hybridized carbons (Fsp3) is 0.538. The number of hydrogen-bond acceptors (Lipinski definition) is 4. The summed E-state index contributed by atoms with van der Waals surface area (Å²) in [4.78, 5) is 9.74. The zero-order chi connectivity index (χ0) is 13.8. The van der Waals surface area contributed by atoms with Crippen molar-refractivity contribution in [2.24, 2.45) is 0 Å². The Balaban J connectivity index is 1.85. The van der Waals surface area contributed by atoms with Crippen molar-refractivity contribution >= 4 is 5.69 Å². The fourth-order valence-electron chi connectivity index (χ4n) is 2.08. The van der Waals surface area contributed by atoms with Gasteiger partial charge < -0.3 is 10.1 Å². The predicted octanol–water partition coefficient (Wildman–Crippen LogP) is 2.64. The number of rotatable bonds is 6. The van der Waals surface area contributed by atoms with E-state index in [4.69, 9.17) is 4.74 Å². The summed E-state index contributed by atoms with van der Waals surface area (Å²) in [5.74, 6) is -0.510. The van der Waals surface area contributed by atoms with Crippen molar-refractivity contribution in [2.75, 3.05) is 6.54 Å². The number of nitro benzene ring substituents is 1. The predicted molar refractivity (Wildman–Crippen MR) is 68.8 cm³/mol. The van der Waals surface area contributed by atoms with Crippen LogP contribution in [0.4, 0.5) is 10.1 Å². The molecule has 0 saturated heterocycles. The van der Waals surface area contributed by atoms with Crippen molar-refractivity contribution in [2.45, 2.75) is 38.3 Å². The lowest BCUT2D eigenvalue weighted by Gasteiger charge is -2.36. The van der Waals surface area contributed by atoms with Crippen molar-refractivity contribution in [1.82, 2.24) is 5.32 Å². The SMILES string of the molecule is CCCNC1CC(Oc2ccc([N+](=O)[O-])c(F)c2)C1. The van der Waals surface area contributed by atoms with Crippen LogP contribution in [0.2, 0.25) is 0 Å². The number of benzene rings is 1. The van der Waals surface area contributed by atoms with Gasteiger partial charge >= 0.3 is 5.69 Å². The van der Waals surface area contributed by atoms with Gasteiger partial charge in [-0.05, 0) is 31.9 Å². The summed E-state index contributed by atoms with van der Waals surface area (Å²) in [6, 6.07) is 4.11. The monoisotopic (exact) mass is 268 g/mol. The standard InChI is InChI=1S/C13H17FN2O3/c1-2-5-15-9-6-11(7-9)19-10-3-4-13(16(17)18)12(14)8-10/h3-4,8-9,11,15H,2,5-7H2,1H3. The van der Waals surface area contributed by atoms with E-state index in [2.05, 4.69) is 12.2 Å². The highest BCUT2D eigenvalue weighted by Gasteiger charge is 2.30. The summed E-state index contributed by atoms with van der Waals surface area (Å²) in [6.07, 6.45) is 2.93. The van der Waals surface area contributed by atoms with Crippen LogP contribution in [0.5, 0.6) is 5.75 Å². The first-order valence-corrected chi connectivity index (χ1v) is 6.44. The summed E-state index contributed by atoms with van der Waals surface area (Å²) in [5.41, 5.74) is -0.525. The van der Waals surface area contributed by atoms with E-state index in [1.807, 2.05) is 0 Å². The molecule has 0 aromatic heterocycles. The molecule has 0 aliphatic heterocycles. The molecule has 0 bridgehead atoms. The Labute approximate surface area is 110 Å². The molecule has 1 aliphatic carbocycles. The molecule has 1 fully saturated rings. The number of nitro groups is 1. The Kier molecular flexibility index (Phi) is 4.31. The van der Waals surface area contributed by atoms with Crippen molar-refractivity contribution in [3.05, 3.63) is 34.1 Å². The number of halogens is 1. The number of nitrogens with zero attached hydrogens (tertiary/aromatic N) is 1. The molecular formula is C13H17FN2O3. The van der Waals surface area contributed by atoms with Crippen LogP contribution in [0, 0.1) is 15.9 Å². The van der Waals surface area contributed by atoms with Crippen molar-refractivity contribution in [3.63, 3.8) is 0 Å². The maximum Gasteiger partial charge on any atom is 0.305 e. The van der Waals surface area contributed by atoms with E-state index in [1.165, 1.54) is 6.07 Å². The van der Waals surface area contributed by atoms with Gasteiger partial charge in [-0.2, -0.15) is 4.39 Å². The van der Waals surface area contributed by atoms with E-state index in [-0.39, 0.29) is 6.10 Å². The maximum atomic E-state index is 13.4. The van der Waals surface area contributed by atoms with Gasteiger partial charge in [0.2, 0.25) is 5.82 Å². The molecule has 5 nitrogen and oxygen atoms in total. The third-order valence-electron chi connectivity index (χ3n) is 3.20. The van der Waals surface area contributed by atoms with Crippen LogP contribution in [0.1, 0.15) is 26.2 Å². The van der Waals surface area contributed by atoms with E-state index in [0.717, 1.165) is 37.9 Å². The summed E-state index contributed by atoms with van der Waals surface area (Å²) < 4.78 is 19.0. The van der Waals surface area contributed by atoms with Crippen LogP contribution in [-0.4, -0.2) is 23.6 Å². The molecule has 2 rings (SSSR count). The Morgan fingerprint density at radius 2 is 2.26 bits per heavy atom. The molecule has 0 heterocycles. The lowest BCUT2D eigenvalue weighted by Crippen LogP contribution is -2.46. The average Bonchev–Trinajstić information content (AvgIpc) is 2.31. The first-order valence-electron chi connectivity index (χ1n) is 6.44. The topological polar surface area (TPSA) is 64.4 Å². The number of hydrogen-bond donors (Lipinski definition) is 1. The molecule has 104 valence electrons. The Bertz CT molecular complexity index is 461. The average molecular weight is 268 g/mol. The van der Waals surface area contributed by atoms with Crippen LogP contribution in [-0.2, 0) is 0 Å². The Morgan fingerprint density at radius 1 is 1.53 bits per heavy atom. The minimum absolute atomic E-state index is 0.0650. The Hall–Kier alpha value is -1.69.